The number of H-pyrrole nitrogens is 1. The standard InChI is InChI=1S/C16H21N3O2/c1-16(2)10-11(8-9-21-16)13-14(17)18-19(15(13)20)12-6-4-3-5-7-12/h3-7,11,18H,8-10,17H2,1-2H3/t11-/m0/s1. The Labute approximate surface area is 123 Å². The molecule has 0 bridgehead atoms. The molecule has 1 aliphatic rings. The average Bonchev–Trinajstić information content (AvgIpc) is 2.74. The Morgan fingerprint density at radius 2 is 2.05 bits per heavy atom. The minimum absolute atomic E-state index is 0.0543. The van der Waals surface area contributed by atoms with Crippen LogP contribution in [0.3, 0.4) is 0 Å². The minimum atomic E-state index is -0.212. The van der Waals surface area contributed by atoms with Crippen molar-refractivity contribution in [3.63, 3.8) is 0 Å². The molecule has 1 fully saturated rings. The van der Waals surface area contributed by atoms with Gasteiger partial charge in [0.1, 0.15) is 5.82 Å². The fourth-order valence-electron chi connectivity index (χ4n) is 3.10. The molecule has 1 aromatic carbocycles. The third kappa shape index (κ3) is 2.61. The summed E-state index contributed by atoms with van der Waals surface area (Å²) < 4.78 is 7.25. The van der Waals surface area contributed by atoms with Gasteiger partial charge in [-0.1, -0.05) is 18.2 Å². The number of rotatable bonds is 2. The van der Waals surface area contributed by atoms with E-state index < -0.39 is 0 Å². The van der Waals surface area contributed by atoms with E-state index in [2.05, 4.69) is 18.9 Å². The predicted octanol–water partition coefficient (Wildman–Crippen LogP) is 2.42. The molecule has 1 atom stereocenters. The molecule has 0 saturated carbocycles. The van der Waals surface area contributed by atoms with Crippen LogP contribution in [0.2, 0.25) is 0 Å². The van der Waals surface area contributed by atoms with E-state index in [0.29, 0.717) is 18.0 Å². The summed E-state index contributed by atoms with van der Waals surface area (Å²) in [5.41, 5.74) is 7.30. The summed E-state index contributed by atoms with van der Waals surface area (Å²) in [5, 5.41) is 2.99. The van der Waals surface area contributed by atoms with Crippen LogP contribution in [0.25, 0.3) is 5.69 Å². The molecule has 0 amide bonds. The van der Waals surface area contributed by atoms with Crippen LogP contribution in [-0.2, 0) is 4.74 Å². The largest absolute Gasteiger partial charge is 0.384 e. The number of hydrogen-bond acceptors (Lipinski definition) is 3. The van der Waals surface area contributed by atoms with Crippen LogP contribution in [0.1, 0.15) is 38.2 Å². The molecule has 0 spiro atoms. The molecule has 3 N–H and O–H groups in total. The van der Waals surface area contributed by atoms with E-state index in [1.165, 1.54) is 4.68 Å². The summed E-state index contributed by atoms with van der Waals surface area (Å²) in [6.07, 6.45) is 1.63. The van der Waals surface area contributed by atoms with Crippen molar-refractivity contribution in [2.75, 3.05) is 12.3 Å². The van der Waals surface area contributed by atoms with Gasteiger partial charge in [-0.15, -0.1) is 0 Å². The molecule has 112 valence electrons. The highest BCUT2D eigenvalue weighted by atomic mass is 16.5. The van der Waals surface area contributed by atoms with Gasteiger partial charge in [0, 0.05) is 6.61 Å². The van der Waals surface area contributed by atoms with Crippen LogP contribution in [0.15, 0.2) is 35.1 Å². The second-order valence-corrected chi connectivity index (χ2v) is 6.21. The van der Waals surface area contributed by atoms with Gasteiger partial charge in [0.05, 0.1) is 16.9 Å². The molecule has 3 rings (SSSR count). The molecule has 0 unspecified atom stereocenters. The SMILES string of the molecule is CC1(C)C[C@@H](c2c(N)[nH]n(-c3ccccc3)c2=O)CCO1. The molecule has 2 heterocycles. The highest BCUT2D eigenvalue weighted by molar-refractivity contribution is 5.44. The molecule has 0 radical (unpaired) electrons. The normalized spacial score (nSPS) is 21.3. The van der Waals surface area contributed by atoms with Gasteiger partial charge >= 0.3 is 0 Å². The van der Waals surface area contributed by atoms with Gasteiger partial charge in [0.15, 0.2) is 0 Å². The van der Waals surface area contributed by atoms with Gasteiger partial charge in [-0.05, 0) is 44.7 Å². The Balaban J connectivity index is 2.01. The summed E-state index contributed by atoms with van der Waals surface area (Å²) >= 11 is 0. The van der Waals surface area contributed by atoms with Gasteiger partial charge in [-0.2, -0.15) is 0 Å². The van der Waals surface area contributed by atoms with Crippen molar-refractivity contribution in [3.8, 4) is 5.69 Å². The molecule has 5 heteroatoms. The summed E-state index contributed by atoms with van der Waals surface area (Å²) in [6.45, 7) is 4.77. The summed E-state index contributed by atoms with van der Waals surface area (Å²) in [7, 11) is 0. The number of para-hydroxylation sites is 1. The Hall–Kier alpha value is -2.01. The van der Waals surface area contributed by atoms with Crippen molar-refractivity contribution >= 4 is 5.82 Å². The number of aromatic nitrogens is 2. The Kier molecular flexibility index (Phi) is 3.37. The van der Waals surface area contributed by atoms with E-state index >= 15 is 0 Å². The summed E-state index contributed by atoms with van der Waals surface area (Å²) in [5.74, 6) is 0.606. The van der Waals surface area contributed by atoms with E-state index in [1.54, 1.807) is 0 Å². The first-order chi connectivity index (χ1) is 9.98. The maximum absolute atomic E-state index is 12.7. The number of nitrogen functional groups attached to an aromatic ring is 1. The van der Waals surface area contributed by atoms with Gasteiger partial charge < -0.3 is 10.5 Å². The monoisotopic (exact) mass is 287 g/mol. The maximum Gasteiger partial charge on any atom is 0.276 e. The van der Waals surface area contributed by atoms with Gasteiger partial charge in [-0.3, -0.25) is 9.89 Å². The Bertz CT molecular complexity index is 685. The average molecular weight is 287 g/mol. The van der Waals surface area contributed by atoms with Crippen molar-refractivity contribution in [1.82, 2.24) is 9.78 Å². The first kappa shape index (κ1) is 13.9. The molecule has 0 aliphatic carbocycles. The van der Waals surface area contributed by atoms with E-state index in [0.717, 1.165) is 18.5 Å². The summed E-state index contributed by atoms with van der Waals surface area (Å²) in [4.78, 5) is 12.7. The topological polar surface area (TPSA) is 73.0 Å². The predicted molar refractivity (Wildman–Crippen MR) is 82.8 cm³/mol. The summed E-state index contributed by atoms with van der Waals surface area (Å²) in [6, 6.07) is 9.49. The molecule has 1 aliphatic heterocycles. The number of benzene rings is 1. The molecular formula is C16H21N3O2. The van der Waals surface area contributed by atoms with Crippen molar-refractivity contribution in [2.45, 2.75) is 38.2 Å². The molecule has 21 heavy (non-hydrogen) atoms. The van der Waals surface area contributed by atoms with Crippen molar-refractivity contribution in [1.29, 1.82) is 0 Å². The zero-order valence-electron chi connectivity index (χ0n) is 12.4. The second kappa shape index (κ2) is 5.07. The smallest absolute Gasteiger partial charge is 0.276 e. The lowest BCUT2D eigenvalue weighted by molar-refractivity contribution is -0.0593. The molecule has 2 aromatic rings. The van der Waals surface area contributed by atoms with Crippen LogP contribution in [0.4, 0.5) is 5.82 Å². The second-order valence-electron chi connectivity index (χ2n) is 6.21. The molecular weight excluding hydrogens is 266 g/mol. The lowest BCUT2D eigenvalue weighted by Gasteiger charge is -2.35. The van der Waals surface area contributed by atoms with Crippen LogP contribution in [0.5, 0.6) is 0 Å². The van der Waals surface area contributed by atoms with Gasteiger partial charge in [0.25, 0.3) is 5.56 Å². The molecule has 1 saturated heterocycles. The Morgan fingerprint density at radius 3 is 2.71 bits per heavy atom. The van der Waals surface area contributed by atoms with E-state index in [4.69, 9.17) is 10.5 Å². The zero-order valence-corrected chi connectivity index (χ0v) is 12.4. The van der Waals surface area contributed by atoms with E-state index in [9.17, 15) is 4.79 Å². The number of nitrogens with zero attached hydrogens (tertiary/aromatic N) is 1. The highest BCUT2D eigenvalue weighted by Gasteiger charge is 2.33. The van der Waals surface area contributed by atoms with Crippen LogP contribution in [-0.4, -0.2) is 22.0 Å². The zero-order chi connectivity index (χ0) is 15.0. The van der Waals surface area contributed by atoms with E-state index in [-0.39, 0.29) is 17.1 Å². The quantitative estimate of drug-likeness (QED) is 0.891. The number of ether oxygens (including phenoxy) is 1. The van der Waals surface area contributed by atoms with Crippen molar-refractivity contribution in [2.24, 2.45) is 0 Å². The highest BCUT2D eigenvalue weighted by Crippen LogP contribution is 2.36. The molecule has 5 nitrogen and oxygen atoms in total. The molecule has 1 aromatic heterocycles. The number of nitrogens with two attached hydrogens (primary N) is 1. The lowest BCUT2D eigenvalue weighted by Crippen LogP contribution is -2.34. The lowest BCUT2D eigenvalue weighted by atomic mass is 9.84. The fourth-order valence-corrected chi connectivity index (χ4v) is 3.10. The first-order valence-corrected chi connectivity index (χ1v) is 7.28. The number of aromatic amines is 1. The van der Waals surface area contributed by atoms with Gasteiger partial charge in [-0.25, -0.2) is 4.68 Å². The number of hydrogen-bond donors (Lipinski definition) is 2. The van der Waals surface area contributed by atoms with Crippen LogP contribution >= 0.6 is 0 Å². The number of anilines is 1. The van der Waals surface area contributed by atoms with Crippen LogP contribution < -0.4 is 11.3 Å². The fraction of sp³-hybridized carbons (Fsp3) is 0.438. The third-order valence-corrected chi connectivity index (χ3v) is 4.08. The van der Waals surface area contributed by atoms with Crippen LogP contribution in [0, 0.1) is 0 Å². The van der Waals surface area contributed by atoms with Crippen molar-refractivity contribution < 1.29 is 4.74 Å². The minimum Gasteiger partial charge on any atom is -0.384 e. The van der Waals surface area contributed by atoms with Gasteiger partial charge in [0.2, 0.25) is 0 Å². The van der Waals surface area contributed by atoms with Crippen molar-refractivity contribution in [3.05, 3.63) is 46.2 Å². The third-order valence-electron chi connectivity index (χ3n) is 4.08. The number of nitrogens with one attached hydrogen (secondary N) is 1. The first-order valence-electron chi connectivity index (χ1n) is 7.28. The maximum atomic E-state index is 12.7. The Morgan fingerprint density at radius 1 is 1.33 bits per heavy atom. The van der Waals surface area contributed by atoms with E-state index in [1.807, 2.05) is 30.3 Å².